The summed E-state index contributed by atoms with van der Waals surface area (Å²) in [6, 6.07) is 0. The molecule has 0 unspecified atom stereocenters. The summed E-state index contributed by atoms with van der Waals surface area (Å²) >= 11 is 5.10. The minimum Gasteiger partial charge on any atom is -0.466 e. The SMILES string of the molecule is CCOC(=O)CCCn1c(CC)n[nH]c1=S. The summed E-state index contributed by atoms with van der Waals surface area (Å²) in [6.45, 7) is 4.97. The summed E-state index contributed by atoms with van der Waals surface area (Å²) in [7, 11) is 0. The Hall–Kier alpha value is -1.17. The first-order chi connectivity index (χ1) is 7.69. The van der Waals surface area contributed by atoms with E-state index in [1.54, 1.807) is 6.92 Å². The molecule has 0 atom stereocenters. The van der Waals surface area contributed by atoms with E-state index in [9.17, 15) is 4.79 Å². The second-order valence-electron chi connectivity index (χ2n) is 3.36. The lowest BCUT2D eigenvalue weighted by molar-refractivity contribution is -0.143. The summed E-state index contributed by atoms with van der Waals surface area (Å²) in [5.41, 5.74) is 0. The molecule has 0 amide bonds. The van der Waals surface area contributed by atoms with Crippen molar-refractivity contribution in [2.45, 2.75) is 39.7 Å². The van der Waals surface area contributed by atoms with Gasteiger partial charge in [0, 0.05) is 19.4 Å². The van der Waals surface area contributed by atoms with Crippen LogP contribution >= 0.6 is 12.2 Å². The van der Waals surface area contributed by atoms with Gasteiger partial charge in [-0.3, -0.25) is 9.89 Å². The summed E-state index contributed by atoms with van der Waals surface area (Å²) in [5.74, 6) is 0.768. The third-order valence-electron chi connectivity index (χ3n) is 2.22. The number of aromatic nitrogens is 3. The zero-order valence-corrected chi connectivity index (χ0v) is 10.5. The third-order valence-corrected chi connectivity index (χ3v) is 2.53. The van der Waals surface area contributed by atoms with Gasteiger partial charge in [-0.15, -0.1) is 0 Å². The van der Waals surface area contributed by atoms with Gasteiger partial charge in [-0.1, -0.05) is 6.92 Å². The lowest BCUT2D eigenvalue weighted by Crippen LogP contribution is -2.08. The van der Waals surface area contributed by atoms with Crippen LogP contribution in [0.3, 0.4) is 0 Å². The molecule has 0 aromatic carbocycles. The number of carbonyl (C=O) groups excluding carboxylic acids is 1. The van der Waals surface area contributed by atoms with Gasteiger partial charge in [0.1, 0.15) is 5.82 Å². The second-order valence-corrected chi connectivity index (χ2v) is 3.75. The number of hydrogen-bond acceptors (Lipinski definition) is 4. The summed E-state index contributed by atoms with van der Waals surface area (Å²) in [6.07, 6.45) is 1.97. The standard InChI is InChI=1S/C10H17N3O2S/c1-3-8-11-12-10(16)13(8)7-5-6-9(14)15-4-2/h3-7H2,1-2H3,(H,12,16). The van der Waals surface area contributed by atoms with Gasteiger partial charge in [-0.05, 0) is 25.6 Å². The van der Waals surface area contributed by atoms with Crippen molar-refractivity contribution >= 4 is 18.2 Å². The van der Waals surface area contributed by atoms with Gasteiger partial charge in [0.25, 0.3) is 0 Å². The highest BCUT2D eigenvalue weighted by Gasteiger charge is 2.05. The van der Waals surface area contributed by atoms with Crippen molar-refractivity contribution in [1.29, 1.82) is 0 Å². The molecule has 1 N–H and O–H groups in total. The first kappa shape index (κ1) is 12.9. The van der Waals surface area contributed by atoms with Crippen molar-refractivity contribution < 1.29 is 9.53 Å². The van der Waals surface area contributed by atoms with Crippen LogP contribution in [0.4, 0.5) is 0 Å². The van der Waals surface area contributed by atoms with Crippen LogP contribution in [0.5, 0.6) is 0 Å². The molecule has 1 aromatic rings. The number of nitrogens with one attached hydrogen (secondary N) is 1. The Balaban J connectivity index is 2.45. The zero-order chi connectivity index (χ0) is 12.0. The smallest absolute Gasteiger partial charge is 0.305 e. The van der Waals surface area contributed by atoms with E-state index in [1.807, 2.05) is 11.5 Å². The largest absolute Gasteiger partial charge is 0.466 e. The minimum atomic E-state index is -0.157. The van der Waals surface area contributed by atoms with Crippen LogP contribution < -0.4 is 0 Å². The fraction of sp³-hybridized carbons (Fsp3) is 0.700. The number of rotatable bonds is 6. The van der Waals surface area contributed by atoms with Crippen LogP contribution in [-0.4, -0.2) is 27.3 Å². The number of nitrogens with zero attached hydrogens (tertiary/aromatic N) is 2. The number of ether oxygens (including phenoxy) is 1. The molecule has 6 heteroatoms. The summed E-state index contributed by atoms with van der Waals surface area (Å²) in [4.78, 5) is 11.1. The number of esters is 1. The van der Waals surface area contributed by atoms with E-state index in [-0.39, 0.29) is 5.97 Å². The maximum atomic E-state index is 11.1. The Morgan fingerprint density at radius 1 is 1.56 bits per heavy atom. The second kappa shape index (κ2) is 6.42. The first-order valence-electron chi connectivity index (χ1n) is 5.48. The molecule has 0 aliphatic heterocycles. The van der Waals surface area contributed by atoms with Gasteiger partial charge in [0.05, 0.1) is 6.61 Å². The Morgan fingerprint density at radius 2 is 2.31 bits per heavy atom. The van der Waals surface area contributed by atoms with Gasteiger partial charge >= 0.3 is 5.97 Å². The molecular formula is C10H17N3O2S. The molecule has 0 fully saturated rings. The van der Waals surface area contributed by atoms with E-state index in [2.05, 4.69) is 10.2 Å². The number of aromatic amines is 1. The van der Waals surface area contributed by atoms with Gasteiger partial charge in [0.2, 0.25) is 0 Å². The maximum Gasteiger partial charge on any atom is 0.305 e. The molecule has 0 saturated carbocycles. The van der Waals surface area contributed by atoms with E-state index < -0.39 is 0 Å². The summed E-state index contributed by atoms with van der Waals surface area (Å²) < 4.78 is 7.39. The lowest BCUT2D eigenvalue weighted by Gasteiger charge is -2.05. The van der Waals surface area contributed by atoms with E-state index in [0.717, 1.165) is 18.7 Å². The fourth-order valence-corrected chi connectivity index (χ4v) is 1.71. The van der Waals surface area contributed by atoms with Crippen molar-refractivity contribution in [2.75, 3.05) is 6.61 Å². The molecule has 1 rings (SSSR count). The molecule has 5 nitrogen and oxygen atoms in total. The fourth-order valence-electron chi connectivity index (χ4n) is 1.47. The Bertz CT molecular complexity index is 397. The van der Waals surface area contributed by atoms with E-state index in [0.29, 0.717) is 24.3 Å². The zero-order valence-electron chi connectivity index (χ0n) is 9.65. The van der Waals surface area contributed by atoms with Crippen LogP contribution in [0.25, 0.3) is 0 Å². The van der Waals surface area contributed by atoms with Crippen LogP contribution in [0.1, 0.15) is 32.5 Å². The maximum absolute atomic E-state index is 11.1. The highest BCUT2D eigenvalue weighted by atomic mass is 32.1. The topological polar surface area (TPSA) is 59.9 Å². The molecule has 0 aliphatic rings. The molecule has 1 aromatic heterocycles. The van der Waals surface area contributed by atoms with Crippen molar-refractivity contribution in [3.8, 4) is 0 Å². The van der Waals surface area contributed by atoms with Crippen molar-refractivity contribution in [1.82, 2.24) is 14.8 Å². The van der Waals surface area contributed by atoms with Crippen molar-refractivity contribution in [3.05, 3.63) is 10.6 Å². The number of aryl methyl sites for hydroxylation is 1. The molecule has 0 aliphatic carbocycles. The molecule has 16 heavy (non-hydrogen) atoms. The predicted octanol–water partition coefficient (Wildman–Crippen LogP) is 1.85. The number of carbonyl (C=O) groups is 1. The van der Waals surface area contributed by atoms with Gasteiger partial charge in [-0.2, -0.15) is 5.10 Å². The molecule has 0 radical (unpaired) electrons. The van der Waals surface area contributed by atoms with Crippen LogP contribution in [0.15, 0.2) is 0 Å². The normalized spacial score (nSPS) is 10.4. The molecule has 0 spiro atoms. The van der Waals surface area contributed by atoms with Gasteiger partial charge < -0.3 is 9.30 Å². The third kappa shape index (κ3) is 3.44. The van der Waals surface area contributed by atoms with Crippen LogP contribution in [0, 0.1) is 4.77 Å². The Morgan fingerprint density at radius 3 is 2.94 bits per heavy atom. The van der Waals surface area contributed by atoms with Gasteiger partial charge in [0.15, 0.2) is 4.77 Å². The Kier molecular flexibility index (Phi) is 5.18. The van der Waals surface area contributed by atoms with Crippen molar-refractivity contribution in [3.63, 3.8) is 0 Å². The highest BCUT2D eigenvalue weighted by Crippen LogP contribution is 2.03. The van der Waals surface area contributed by atoms with E-state index in [1.165, 1.54) is 0 Å². The van der Waals surface area contributed by atoms with Crippen LogP contribution in [-0.2, 0) is 22.5 Å². The van der Waals surface area contributed by atoms with Crippen molar-refractivity contribution in [2.24, 2.45) is 0 Å². The van der Waals surface area contributed by atoms with E-state index >= 15 is 0 Å². The monoisotopic (exact) mass is 243 g/mol. The van der Waals surface area contributed by atoms with Gasteiger partial charge in [-0.25, -0.2) is 0 Å². The minimum absolute atomic E-state index is 0.157. The predicted molar refractivity (Wildman–Crippen MR) is 62.7 cm³/mol. The summed E-state index contributed by atoms with van der Waals surface area (Å²) in [5, 5.41) is 6.85. The molecule has 1 heterocycles. The highest BCUT2D eigenvalue weighted by molar-refractivity contribution is 7.71. The van der Waals surface area contributed by atoms with Crippen LogP contribution in [0.2, 0.25) is 0 Å². The first-order valence-corrected chi connectivity index (χ1v) is 5.89. The molecule has 0 bridgehead atoms. The average molecular weight is 243 g/mol. The molecule has 90 valence electrons. The average Bonchev–Trinajstić information content (AvgIpc) is 2.60. The number of H-pyrrole nitrogens is 1. The quantitative estimate of drug-likeness (QED) is 0.612. The molecule has 0 saturated heterocycles. The lowest BCUT2D eigenvalue weighted by atomic mass is 10.3. The van der Waals surface area contributed by atoms with E-state index in [4.69, 9.17) is 17.0 Å². The number of hydrogen-bond donors (Lipinski definition) is 1. The Labute approximate surface area is 99.8 Å². The molecular weight excluding hydrogens is 226 g/mol.